The normalized spacial score (nSPS) is 17.8. The van der Waals surface area contributed by atoms with Crippen LogP contribution in [0, 0.1) is 11.3 Å². The van der Waals surface area contributed by atoms with E-state index < -0.39 is 0 Å². The molecule has 2 rings (SSSR count). The highest BCUT2D eigenvalue weighted by molar-refractivity contribution is 8.00. The van der Waals surface area contributed by atoms with E-state index >= 15 is 0 Å². The van der Waals surface area contributed by atoms with E-state index in [0.29, 0.717) is 36.6 Å². The van der Waals surface area contributed by atoms with Gasteiger partial charge >= 0.3 is 0 Å². The Morgan fingerprint density at radius 3 is 2.68 bits per heavy atom. The fourth-order valence-corrected chi connectivity index (χ4v) is 2.89. The van der Waals surface area contributed by atoms with E-state index in [2.05, 4.69) is 11.1 Å². The minimum Gasteiger partial charge on any atom is -0.337 e. The molecule has 0 aliphatic carbocycles. The summed E-state index contributed by atoms with van der Waals surface area (Å²) in [4.78, 5) is 18.0. The second kappa shape index (κ2) is 5.81. The van der Waals surface area contributed by atoms with E-state index in [1.54, 1.807) is 28.8 Å². The molecule has 1 aromatic heterocycles. The third kappa shape index (κ3) is 3.02. The average molecular weight is 296 g/mol. The molecule has 0 atom stereocenters. The summed E-state index contributed by atoms with van der Waals surface area (Å²) in [5.74, 6) is -0.0932. The standard InChI is InChI=1S/C13H14ClN3OS/c1-19-13(9-15)4-6-17(7-5-13)12(18)11-3-2-10(14)8-16-11/h2-3,8H,4-7H2,1H3. The van der Waals surface area contributed by atoms with E-state index in [1.165, 1.54) is 6.20 Å². The number of hydrogen-bond acceptors (Lipinski definition) is 4. The maximum Gasteiger partial charge on any atom is 0.272 e. The number of hydrogen-bond donors (Lipinski definition) is 0. The maximum atomic E-state index is 12.2. The molecule has 1 aromatic rings. The smallest absolute Gasteiger partial charge is 0.272 e. The van der Waals surface area contributed by atoms with Crippen LogP contribution < -0.4 is 0 Å². The van der Waals surface area contributed by atoms with Crippen molar-refractivity contribution in [3.05, 3.63) is 29.0 Å². The van der Waals surface area contributed by atoms with Gasteiger partial charge in [-0.05, 0) is 31.2 Å². The van der Waals surface area contributed by atoms with Crippen LogP contribution in [-0.4, -0.2) is 39.9 Å². The van der Waals surface area contributed by atoms with Crippen LogP contribution in [0.4, 0.5) is 0 Å². The van der Waals surface area contributed by atoms with Crippen LogP contribution in [0.2, 0.25) is 5.02 Å². The predicted octanol–water partition coefficient (Wildman–Crippen LogP) is 2.60. The zero-order chi connectivity index (χ0) is 13.9. The molecule has 1 aliphatic rings. The molecule has 1 amide bonds. The van der Waals surface area contributed by atoms with E-state index in [4.69, 9.17) is 11.6 Å². The van der Waals surface area contributed by atoms with Gasteiger partial charge in [0.2, 0.25) is 0 Å². The molecule has 4 nitrogen and oxygen atoms in total. The topological polar surface area (TPSA) is 57.0 Å². The van der Waals surface area contributed by atoms with Crippen molar-refractivity contribution in [2.24, 2.45) is 0 Å². The molecule has 0 aromatic carbocycles. The third-order valence-electron chi connectivity index (χ3n) is 3.40. The van der Waals surface area contributed by atoms with E-state index in [-0.39, 0.29) is 10.7 Å². The number of thioether (sulfide) groups is 1. The van der Waals surface area contributed by atoms with Crippen molar-refractivity contribution in [3.8, 4) is 6.07 Å². The Kier molecular flexibility index (Phi) is 4.33. The van der Waals surface area contributed by atoms with Gasteiger partial charge in [0.1, 0.15) is 10.4 Å². The van der Waals surface area contributed by atoms with Gasteiger partial charge in [-0.2, -0.15) is 5.26 Å². The van der Waals surface area contributed by atoms with E-state index in [0.717, 1.165) is 0 Å². The number of aromatic nitrogens is 1. The summed E-state index contributed by atoms with van der Waals surface area (Å²) >= 11 is 7.32. The van der Waals surface area contributed by atoms with Gasteiger partial charge in [0.25, 0.3) is 5.91 Å². The summed E-state index contributed by atoms with van der Waals surface area (Å²) < 4.78 is -0.343. The summed E-state index contributed by atoms with van der Waals surface area (Å²) in [6.07, 6.45) is 4.82. The molecule has 1 fully saturated rings. The van der Waals surface area contributed by atoms with Crippen LogP contribution in [0.15, 0.2) is 18.3 Å². The molecule has 0 spiro atoms. The Morgan fingerprint density at radius 1 is 1.53 bits per heavy atom. The monoisotopic (exact) mass is 295 g/mol. The van der Waals surface area contributed by atoms with Crippen LogP contribution in [-0.2, 0) is 0 Å². The lowest BCUT2D eigenvalue weighted by molar-refractivity contribution is 0.0710. The number of carbonyl (C=O) groups is 1. The highest BCUT2D eigenvalue weighted by Gasteiger charge is 2.35. The molecule has 0 N–H and O–H groups in total. The highest BCUT2D eigenvalue weighted by Crippen LogP contribution is 2.34. The number of carbonyl (C=O) groups excluding carboxylic acids is 1. The number of piperidine rings is 1. The molecule has 6 heteroatoms. The number of nitriles is 1. The molecule has 19 heavy (non-hydrogen) atoms. The fourth-order valence-electron chi connectivity index (χ4n) is 2.10. The van der Waals surface area contributed by atoms with Crippen molar-refractivity contribution in [2.45, 2.75) is 17.6 Å². The maximum absolute atomic E-state index is 12.2. The molecular weight excluding hydrogens is 282 g/mol. The van der Waals surface area contributed by atoms with Crippen molar-refractivity contribution in [3.63, 3.8) is 0 Å². The lowest BCUT2D eigenvalue weighted by atomic mass is 9.97. The third-order valence-corrected chi connectivity index (χ3v) is 4.90. The minimum atomic E-state index is -0.343. The molecule has 100 valence electrons. The number of rotatable bonds is 2. The quantitative estimate of drug-likeness (QED) is 0.841. The van der Waals surface area contributed by atoms with Gasteiger partial charge < -0.3 is 4.90 Å². The molecule has 0 saturated carbocycles. The van der Waals surface area contributed by atoms with Crippen LogP contribution in [0.5, 0.6) is 0 Å². The average Bonchev–Trinajstić information content (AvgIpc) is 2.47. The van der Waals surface area contributed by atoms with Gasteiger partial charge in [0.15, 0.2) is 0 Å². The number of halogens is 1. The van der Waals surface area contributed by atoms with Gasteiger partial charge in [-0.3, -0.25) is 4.79 Å². The van der Waals surface area contributed by atoms with Gasteiger partial charge in [-0.15, -0.1) is 11.8 Å². The zero-order valence-corrected chi connectivity index (χ0v) is 12.2. The van der Waals surface area contributed by atoms with Crippen LogP contribution >= 0.6 is 23.4 Å². The lowest BCUT2D eigenvalue weighted by Crippen LogP contribution is -2.44. The first-order valence-electron chi connectivity index (χ1n) is 5.97. The number of likely N-dealkylation sites (tertiary alicyclic amines) is 1. The van der Waals surface area contributed by atoms with E-state index in [9.17, 15) is 10.1 Å². The summed E-state index contributed by atoms with van der Waals surface area (Å²) in [6.45, 7) is 1.19. The molecule has 1 saturated heterocycles. The first kappa shape index (κ1) is 14.2. The van der Waals surface area contributed by atoms with Crippen LogP contribution in [0.1, 0.15) is 23.3 Å². The molecule has 1 aliphatic heterocycles. The number of pyridine rings is 1. The largest absolute Gasteiger partial charge is 0.337 e. The van der Waals surface area contributed by atoms with Crippen molar-refractivity contribution in [1.82, 2.24) is 9.88 Å². The molecule has 0 unspecified atom stereocenters. The number of amides is 1. The summed E-state index contributed by atoms with van der Waals surface area (Å²) in [5, 5.41) is 9.73. The Balaban J connectivity index is 2.04. The Bertz CT molecular complexity index is 504. The zero-order valence-electron chi connectivity index (χ0n) is 10.6. The second-order valence-electron chi connectivity index (χ2n) is 4.46. The first-order chi connectivity index (χ1) is 9.10. The molecule has 0 radical (unpaired) electrons. The molecule has 0 bridgehead atoms. The second-order valence-corrected chi connectivity index (χ2v) is 6.09. The van der Waals surface area contributed by atoms with Gasteiger partial charge in [-0.1, -0.05) is 11.6 Å². The van der Waals surface area contributed by atoms with Crippen molar-refractivity contribution in [2.75, 3.05) is 19.3 Å². The highest BCUT2D eigenvalue weighted by atomic mass is 35.5. The van der Waals surface area contributed by atoms with Gasteiger partial charge in [-0.25, -0.2) is 4.98 Å². The predicted molar refractivity (Wildman–Crippen MR) is 76.2 cm³/mol. The Morgan fingerprint density at radius 2 is 2.21 bits per heavy atom. The summed E-state index contributed by atoms with van der Waals surface area (Å²) in [6, 6.07) is 5.66. The van der Waals surface area contributed by atoms with Crippen molar-refractivity contribution >= 4 is 29.3 Å². The summed E-state index contributed by atoms with van der Waals surface area (Å²) in [5.41, 5.74) is 0.401. The van der Waals surface area contributed by atoms with Crippen molar-refractivity contribution in [1.29, 1.82) is 5.26 Å². The lowest BCUT2D eigenvalue weighted by Gasteiger charge is -2.35. The first-order valence-corrected chi connectivity index (χ1v) is 7.58. The van der Waals surface area contributed by atoms with Crippen LogP contribution in [0.3, 0.4) is 0 Å². The molecular formula is C13H14ClN3OS. The molecule has 2 heterocycles. The fraction of sp³-hybridized carbons (Fsp3) is 0.462. The van der Waals surface area contributed by atoms with E-state index in [1.807, 2.05) is 6.26 Å². The van der Waals surface area contributed by atoms with Gasteiger partial charge in [0, 0.05) is 19.3 Å². The Labute approximate surface area is 121 Å². The van der Waals surface area contributed by atoms with Crippen LogP contribution in [0.25, 0.3) is 0 Å². The Hall–Kier alpha value is -1.25. The minimum absolute atomic E-state index is 0.0932. The number of nitrogens with zero attached hydrogens (tertiary/aromatic N) is 3. The van der Waals surface area contributed by atoms with Crippen molar-refractivity contribution < 1.29 is 4.79 Å². The summed E-state index contributed by atoms with van der Waals surface area (Å²) in [7, 11) is 0. The SMILES string of the molecule is CSC1(C#N)CCN(C(=O)c2ccc(Cl)cn2)CC1. The van der Waals surface area contributed by atoms with Gasteiger partial charge in [0.05, 0.1) is 11.1 Å².